The second kappa shape index (κ2) is 28.9. The van der Waals surface area contributed by atoms with Crippen molar-refractivity contribution in [1.29, 1.82) is 0 Å². The van der Waals surface area contributed by atoms with Crippen LogP contribution in [0.4, 0.5) is 0 Å². The predicted molar refractivity (Wildman–Crippen MR) is 164 cm³/mol. The van der Waals surface area contributed by atoms with E-state index in [1.807, 2.05) is 11.8 Å². The van der Waals surface area contributed by atoms with E-state index in [0.29, 0.717) is 26.6 Å². The summed E-state index contributed by atoms with van der Waals surface area (Å²) in [5.41, 5.74) is -0.857. The van der Waals surface area contributed by atoms with Crippen molar-refractivity contribution in [2.45, 2.75) is 97.5 Å². The molecule has 0 radical (unpaired) electrons. The van der Waals surface area contributed by atoms with Crippen molar-refractivity contribution in [2.24, 2.45) is 0 Å². The summed E-state index contributed by atoms with van der Waals surface area (Å²) in [6.07, 6.45) is 13.0. The first-order valence-corrected chi connectivity index (χ1v) is 16.6. The Morgan fingerprint density at radius 2 is 1.22 bits per heavy atom. The highest BCUT2D eigenvalue weighted by atomic mass is 32.2. The number of ether oxygens (including phenoxy) is 5. The average molecular weight is 607 g/mol. The zero-order chi connectivity index (χ0) is 30.4. The normalized spacial score (nSPS) is 11.5. The van der Waals surface area contributed by atoms with Crippen LogP contribution >= 0.6 is 11.8 Å². The van der Waals surface area contributed by atoms with Gasteiger partial charge in [-0.2, -0.15) is 11.8 Å². The van der Waals surface area contributed by atoms with Gasteiger partial charge in [-0.3, -0.25) is 10.1 Å². The molecule has 11 heteroatoms. The van der Waals surface area contributed by atoms with Crippen molar-refractivity contribution in [3.63, 3.8) is 0 Å². The summed E-state index contributed by atoms with van der Waals surface area (Å²) in [6.45, 7) is 12.6. The third-order valence-corrected chi connectivity index (χ3v) is 6.81. The van der Waals surface area contributed by atoms with Crippen LogP contribution in [0.25, 0.3) is 0 Å². The van der Waals surface area contributed by atoms with Gasteiger partial charge in [-0.1, -0.05) is 51.9 Å². The highest BCUT2D eigenvalue weighted by molar-refractivity contribution is 7.99. The molecule has 0 amide bonds. The van der Waals surface area contributed by atoms with Crippen LogP contribution in [-0.2, 0) is 38.1 Å². The Bertz CT molecular complexity index is 646. The second-order valence-corrected chi connectivity index (χ2v) is 12.0. The van der Waals surface area contributed by atoms with E-state index in [9.17, 15) is 14.4 Å². The molecule has 41 heavy (non-hydrogen) atoms. The molecule has 0 aliphatic rings. The number of carbonyl (C=O) groups excluding carboxylic acids is 3. The van der Waals surface area contributed by atoms with Crippen LogP contribution in [0.1, 0.15) is 91.9 Å². The Kier molecular flexibility index (Phi) is 28.0. The third-order valence-electron chi connectivity index (χ3n) is 5.66. The number of rotatable bonds is 30. The number of hydrogen-bond donors (Lipinski definition) is 2. The van der Waals surface area contributed by atoms with E-state index in [1.54, 1.807) is 20.8 Å². The fourth-order valence-electron chi connectivity index (χ4n) is 3.52. The summed E-state index contributed by atoms with van der Waals surface area (Å²) in [7, 11) is 0. The van der Waals surface area contributed by atoms with Crippen molar-refractivity contribution >= 4 is 29.5 Å². The largest absolute Gasteiger partial charge is 0.457 e. The maximum absolute atomic E-state index is 11.6. The molecule has 0 unspecified atom stereocenters. The van der Waals surface area contributed by atoms with Crippen molar-refractivity contribution in [3.8, 4) is 0 Å². The summed E-state index contributed by atoms with van der Waals surface area (Å²) in [6, 6.07) is 0. The summed E-state index contributed by atoms with van der Waals surface area (Å²) >= 11 is 1.96. The molecule has 10 nitrogen and oxygen atoms in total. The molecule has 0 atom stereocenters. The second-order valence-electron chi connectivity index (χ2n) is 10.8. The molecule has 2 N–H and O–H groups in total. The zero-order valence-corrected chi connectivity index (χ0v) is 27.0. The first-order valence-electron chi connectivity index (χ1n) is 15.4. The summed E-state index contributed by atoms with van der Waals surface area (Å²) in [5.74, 6) is -1.54. The maximum atomic E-state index is 11.6. The zero-order valence-electron chi connectivity index (χ0n) is 26.2. The van der Waals surface area contributed by atoms with E-state index >= 15 is 0 Å². The number of ketones is 1. The maximum Gasteiger partial charge on any atom is 0.387 e. The van der Waals surface area contributed by atoms with Crippen LogP contribution < -0.4 is 10.6 Å². The van der Waals surface area contributed by atoms with Gasteiger partial charge in [0, 0.05) is 13.2 Å². The van der Waals surface area contributed by atoms with Crippen LogP contribution in [0.5, 0.6) is 0 Å². The van der Waals surface area contributed by atoms with Gasteiger partial charge in [0.2, 0.25) is 0 Å². The van der Waals surface area contributed by atoms with Crippen LogP contribution in [-0.4, -0.2) is 101 Å². The van der Waals surface area contributed by atoms with Crippen molar-refractivity contribution in [1.82, 2.24) is 10.6 Å². The Balaban J connectivity index is 3.24. The van der Waals surface area contributed by atoms with Crippen molar-refractivity contribution < 1.29 is 38.1 Å². The molecular weight excluding hydrogens is 548 g/mol. The lowest BCUT2D eigenvalue weighted by Gasteiger charge is -2.18. The number of thioether (sulfide) groups is 1. The van der Waals surface area contributed by atoms with Gasteiger partial charge in [-0.05, 0) is 64.6 Å². The van der Waals surface area contributed by atoms with Gasteiger partial charge in [-0.25, -0.2) is 9.59 Å². The molecule has 0 fully saturated rings. The van der Waals surface area contributed by atoms with Gasteiger partial charge < -0.3 is 29.0 Å². The number of unbranched alkanes of at least 4 members (excludes halogenated alkanes) is 7. The van der Waals surface area contributed by atoms with Gasteiger partial charge in [0.25, 0.3) is 0 Å². The van der Waals surface area contributed by atoms with Gasteiger partial charge in [-0.15, -0.1) is 0 Å². The Hall–Kier alpha value is -1.24. The van der Waals surface area contributed by atoms with Crippen LogP contribution in [0.15, 0.2) is 0 Å². The molecule has 0 saturated carbocycles. The summed E-state index contributed by atoms with van der Waals surface area (Å²) in [5, 5.41) is 6.73. The first kappa shape index (κ1) is 39.8. The minimum absolute atomic E-state index is 0.106. The molecule has 0 aliphatic carbocycles. The number of esters is 2. The third kappa shape index (κ3) is 30.0. The fourth-order valence-corrected chi connectivity index (χ4v) is 4.40. The highest BCUT2D eigenvalue weighted by Gasteiger charge is 2.29. The van der Waals surface area contributed by atoms with Gasteiger partial charge in [0.15, 0.2) is 0 Å². The fraction of sp³-hybridized carbons (Fsp3) is 0.900. The molecule has 0 aromatic heterocycles. The lowest BCUT2D eigenvalue weighted by atomic mass is 10.1. The van der Waals surface area contributed by atoms with Gasteiger partial charge in [0.1, 0.15) is 12.2 Å². The van der Waals surface area contributed by atoms with Gasteiger partial charge >= 0.3 is 17.7 Å². The average Bonchev–Trinajstić information content (AvgIpc) is 2.93. The predicted octanol–water partition coefficient (Wildman–Crippen LogP) is 4.28. The topological polar surface area (TPSA) is 121 Å². The quantitative estimate of drug-likeness (QED) is 0.0401. The minimum atomic E-state index is -1.33. The van der Waals surface area contributed by atoms with Crippen LogP contribution in [0.2, 0.25) is 0 Å². The van der Waals surface area contributed by atoms with Crippen LogP contribution in [0, 0.1) is 0 Å². The standard InChI is InChI=1S/C30H58N2O8S/c1-5-6-7-8-9-10-11-12-15-32-26-38-18-14-25-41-24-13-16-31-17-19-36-20-21-37-22-23-39-28(34)27(33)29(35)40-30(2,3)4/h31-32H,5-26H2,1-4H3. The molecule has 0 saturated heterocycles. The molecule has 0 rings (SSSR count). The minimum Gasteiger partial charge on any atom is -0.457 e. The van der Waals surface area contributed by atoms with E-state index in [1.165, 1.54) is 51.4 Å². The number of Topliss-reactive ketones (excluding diaryl/α,β-unsaturated/α-hetero) is 1. The van der Waals surface area contributed by atoms with Crippen molar-refractivity contribution in [2.75, 3.05) is 77.5 Å². The smallest absolute Gasteiger partial charge is 0.387 e. The van der Waals surface area contributed by atoms with Gasteiger partial charge in [0.05, 0.1) is 33.2 Å². The lowest BCUT2D eigenvalue weighted by molar-refractivity contribution is -0.170. The Morgan fingerprint density at radius 3 is 1.93 bits per heavy atom. The Morgan fingerprint density at radius 1 is 0.610 bits per heavy atom. The van der Waals surface area contributed by atoms with E-state index in [0.717, 1.165) is 50.6 Å². The molecule has 0 aliphatic heterocycles. The Labute approximate surface area is 253 Å². The number of hydrogen-bond acceptors (Lipinski definition) is 11. The van der Waals surface area contributed by atoms with E-state index in [-0.39, 0.29) is 13.2 Å². The molecule has 0 aromatic carbocycles. The van der Waals surface area contributed by atoms with E-state index < -0.39 is 23.3 Å². The van der Waals surface area contributed by atoms with E-state index in [4.69, 9.17) is 23.7 Å². The SMILES string of the molecule is CCCCCCCCCCNCOCCCSCCCNCCOCCOCCOC(=O)C(=O)C(=O)OC(C)(C)C. The van der Waals surface area contributed by atoms with Crippen LogP contribution in [0.3, 0.4) is 0 Å². The lowest BCUT2D eigenvalue weighted by Crippen LogP contribution is -2.34. The molecule has 0 spiro atoms. The monoisotopic (exact) mass is 606 g/mol. The first-order chi connectivity index (χ1) is 19.8. The van der Waals surface area contributed by atoms with E-state index in [2.05, 4.69) is 17.6 Å². The molecule has 0 bridgehead atoms. The highest BCUT2D eigenvalue weighted by Crippen LogP contribution is 2.08. The molecule has 0 aromatic rings. The van der Waals surface area contributed by atoms with Crippen molar-refractivity contribution in [3.05, 3.63) is 0 Å². The molecule has 0 heterocycles. The summed E-state index contributed by atoms with van der Waals surface area (Å²) < 4.78 is 26.0. The molecule has 242 valence electrons. The number of nitrogens with one attached hydrogen (secondary N) is 2. The molecular formula is C30H58N2O8S. The number of carbonyl (C=O) groups is 3. The summed E-state index contributed by atoms with van der Waals surface area (Å²) in [4.78, 5) is 34.7.